The van der Waals surface area contributed by atoms with Crippen LogP contribution < -0.4 is 14.8 Å². The van der Waals surface area contributed by atoms with Crippen molar-refractivity contribution < 1.29 is 29.0 Å². The Hall–Kier alpha value is -3.21. The minimum Gasteiger partial charge on any atom is -0.490 e. The van der Waals surface area contributed by atoms with Gasteiger partial charge in [-0.05, 0) is 57.0 Å². The molecule has 11 heteroatoms. The Morgan fingerprint density at radius 1 is 1.21 bits per heavy atom. The van der Waals surface area contributed by atoms with E-state index >= 15 is 0 Å². The van der Waals surface area contributed by atoms with Gasteiger partial charge in [0.25, 0.3) is 5.89 Å². The molecule has 0 bridgehead atoms. The molecule has 0 aliphatic heterocycles. The van der Waals surface area contributed by atoms with Gasteiger partial charge in [-0.1, -0.05) is 16.8 Å². The van der Waals surface area contributed by atoms with Gasteiger partial charge in [-0.15, -0.1) is 0 Å². The Balaban J connectivity index is 1.72. The van der Waals surface area contributed by atoms with Crippen LogP contribution in [0.1, 0.15) is 25.0 Å². The van der Waals surface area contributed by atoms with E-state index in [1.54, 1.807) is 12.3 Å². The van der Waals surface area contributed by atoms with E-state index in [9.17, 15) is 9.90 Å². The van der Waals surface area contributed by atoms with Crippen LogP contribution in [0, 0.1) is 13.8 Å². The van der Waals surface area contributed by atoms with Crippen LogP contribution in [0.2, 0.25) is 5.02 Å². The van der Waals surface area contributed by atoms with Crippen molar-refractivity contribution in [3.8, 4) is 34.5 Å². The van der Waals surface area contributed by atoms with Gasteiger partial charge in [-0.25, -0.2) is 4.98 Å². The molecule has 1 atom stereocenters. The average Bonchev–Trinajstić information content (AvgIpc) is 3.28. The lowest BCUT2D eigenvalue weighted by Crippen LogP contribution is -2.36. The highest BCUT2D eigenvalue weighted by Crippen LogP contribution is 2.32. The molecular formula is C23H27ClN4O6. The highest BCUT2D eigenvalue weighted by molar-refractivity contribution is 6.32. The summed E-state index contributed by atoms with van der Waals surface area (Å²) in [5.74, 6) is 1.04. The number of aryl methyl sites for hydroxylation is 2. The molecule has 3 N–H and O–H groups in total. The molecule has 10 nitrogen and oxygen atoms in total. The van der Waals surface area contributed by atoms with Gasteiger partial charge < -0.3 is 29.5 Å². The SMILES string of the molecule is Cc1cc(-c2noc(-c3cnc(OC(C)C)c(Cl)c3)n2)cc(C)c1OCC(O)CNC(=O)CO. The van der Waals surface area contributed by atoms with Gasteiger partial charge in [0.2, 0.25) is 17.6 Å². The summed E-state index contributed by atoms with van der Waals surface area (Å²) in [5.41, 5.74) is 2.92. The summed E-state index contributed by atoms with van der Waals surface area (Å²) < 4.78 is 16.7. The van der Waals surface area contributed by atoms with Crippen LogP contribution in [0.3, 0.4) is 0 Å². The Morgan fingerprint density at radius 3 is 2.53 bits per heavy atom. The number of amides is 1. The average molecular weight is 491 g/mol. The molecule has 3 aromatic rings. The lowest BCUT2D eigenvalue weighted by molar-refractivity contribution is -0.124. The molecule has 3 rings (SSSR count). The molecule has 1 aromatic carbocycles. The maximum atomic E-state index is 11.1. The van der Waals surface area contributed by atoms with Gasteiger partial charge >= 0.3 is 0 Å². The fraction of sp³-hybridized carbons (Fsp3) is 0.391. The van der Waals surface area contributed by atoms with Crippen molar-refractivity contribution in [1.82, 2.24) is 20.4 Å². The molecule has 0 fully saturated rings. The second-order valence-corrected chi connectivity index (χ2v) is 8.37. The summed E-state index contributed by atoms with van der Waals surface area (Å²) in [6, 6.07) is 5.36. The number of hydrogen-bond acceptors (Lipinski definition) is 9. The summed E-state index contributed by atoms with van der Waals surface area (Å²) in [4.78, 5) is 19.8. The zero-order valence-corrected chi connectivity index (χ0v) is 20.1. The number of benzene rings is 1. The minimum absolute atomic E-state index is 0.0232. The number of nitrogens with zero attached hydrogens (tertiary/aromatic N) is 3. The number of carbonyl (C=O) groups is 1. The predicted octanol–water partition coefficient (Wildman–Crippen LogP) is 2.70. The van der Waals surface area contributed by atoms with Crippen LogP contribution >= 0.6 is 11.6 Å². The van der Waals surface area contributed by atoms with Crippen molar-refractivity contribution in [2.75, 3.05) is 19.8 Å². The normalized spacial score (nSPS) is 12.0. The Morgan fingerprint density at radius 2 is 1.91 bits per heavy atom. The third-order valence-corrected chi connectivity index (χ3v) is 4.92. The molecule has 182 valence electrons. The Labute approximate surface area is 201 Å². The van der Waals surface area contributed by atoms with Gasteiger partial charge in [-0.3, -0.25) is 4.79 Å². The number of aliphatic hydroxyl groups is 2. The van der Waals surface area contributed by atoms with Crippen LogP contribution in [-0.2, 0) is 4.79 Å². The second-order valence-electron chi connectivity index (χ2n) is 7.97. The van der Waals surface area contributed by atoms with E-state index in [1.165, 1.54) is 0 Å². The van der Waals surface area contributed by atoms with Crippen molar-refractivity contribution in [3.05, 3.63) is 40.5 Å². The molecule has 2 heterocycles. The summed E-state index contributed by atoms with van der Waals surface area (Å²) in [5, 5.41) is 25.5. The molecule has 2 aromatic heterocycles. The lowest BCUT2D eigenvalue weighted by Gasteiger charge is -2.16. The van der Waals surface area contributed by atoms with Crippen molar-refractivity contribution in [2.24, 2.45) is 0 Å². The molecule has 0 saturated carbocycles. The predicted molar refractivity (Wildman–Crippen MR) is 125 cm³/mol. The molecule has 0 spiro atoms. The fourth-order valence-electron chi connectivity index (χ4n) is 3.14. The third-order valence-electron chi connectivity index (χ3n) is 4.64. The molecular weight excluding hydrogens is 464 g/mol. The van der Waals surface area contributed by atoms with Crippen LogP contribution in [-0.4, -0.2) is 63.2 Å². The number of hydrogen-bond donors (Lipinski definition) is 3. The molecule has 0 radical (unpaired) electrons. The number of halogens is 1. The fourth-order valence-corrected chi connectivity index (χ4v) is 3.35. The quantitative estimate of drug-likeness (QED) is 0.391. The van der Waals surface area contributed by atoms with Crippen LogP contribution in [0.25, 0.3) is 22.8 Å². The number of aromatic nitrogens is 3. The van der Waals surface area contributed by atoms with Crippen molar-refractivity contribution in [1.29, 1.82) is 0 Å². The number of nitrogens with one attached hydrogen (secondary N) is 1. The third kappa shape index (κ3) is 6.43. The summed E-state index contributed by atoms with van der Waals surface area (Å²) >= 11 is 6.26. The maximum Gasteiger partial charge on any atom is 0.259 e. The van der Waals surface area contributed by atoms with Gasteiger partial charge in [0.15, 0.2) is 0 Å². The minimum atomic E-state index is -0.925. The highest BCUT2D eigenvalue weighted by Gasteiger charge is 2.17. The van der Waals surface area contributed by atoms with E-state index in [4.69, 9.17) is 30.7 Å². The van der Waals surface area contributed by atoms with E-state index < -0.39 is 18.6 Å². The first-order chi connectivity index (χ1) is 16.2. The van der Waals surface area contributed by atoms with Crippen molar-refractivity contribution in [2.45, 2.75) is 39.9 Å². The van der Waals surface area contributed by atoms with Crippen molar-refractivity contribution >= 4 is 17.5 Å². The first-order valence-corrected chi connectivity index (χ1v) is 11.0. The molecule has 1 amide bonds. The molecule has 0 aliphatic rings. The molecule has 1 unspecified atom stereocenters. The van der Waals surface area contributed by atoms with Crippen molar-refractivity contribution in [3.63, 3.8) is 0 Å². The van der Waals surface area contributed by atoms with Crippen LogP contribution in [0.15, 0.2) is 28.9 Å². The van der Waals surface area contributed by atoms with Crippen LogP contribution in [0.5, 0.6) is 11.6 Å². The lowest BCUT2D eigenvalue weighted by atomic mass is 10.1. The van der Waals surface area contributed by atoms with Gasteiger partial charge in [0.05, 0.1) is 11.7 Å². The van der Waals surface area contributed by atoms with Gasteiger partial charge in [-0.2, -0.15) is 4.98 Å². The number of aliphatic hydroxyl groups excluding tert-OH is 2. The monoisotopic (exact) mass is 490 g/mol. The van der Waals surface area contributed by atoms with E-state index in [2.05, 4.69) is 20.4 Å². The topological polar surface area (TPSA) is 140 Å². The first kappa shape index (κ1) is 25.4. The summed E-state index contributed by atoms with van der Waals surface area (Å²) in [7, 11) is 0. The summed E-state index contributed by atoms with van der Waals surface area (Å²) in [6.07, 6.45) is 0.578. The van der Waals surface area contributed by atoms with Gasteiger partial charge in [0, 0.05) is 18.3 Å². The zero-order chi connectivity index (χ0) is 24.8. The van der Waals surface area contributed by atoms with Crippen LogP contribution in [0.4, 0.5) is 0 Å². The summed E-state index contributed by atoms with van der Waals surface area (Å²) in [6.45, 7) is 6.82. The Bertz CT molecular complexity index is 1130. The number of pyridine rings is 1. The number of ether oxygens (including phenoxy) is 2. The molecule has 0 saturated heterocycles. The zero-order valence-electron chi connectivity index (χ0n) is 19.3. The largest absolute Gasteiger partial charge is 0.490 e. The van der Waals surface area contributed by atoms with E-state index in [0.29, 0.717) is 28.0 Å². The standard InChI is InChI=1S/C23H27ClN4O6/c1-12(2)33-23-18(24)7-16(8-26-23)22-27-21(28-34-22)15-5-13(3)20(14(4)6-15)32-11-17(30)9-25-19(31)10-29/h5-8,12,17,29-30H,9-11H2,1-4H3,(H,25,31). The second kappa shape index (κ2) is 11.3. The maximum absolute atomic E-state index is 11.1. The smallest absolute Gasteiger partial charge is 0.259 e. The molecule has 34 heavy (non-hydrogen) atoms. The van der Waals surface area contributed by atoms with Gasteiger partial charge in [0.1, 0.15) is 30.1 Å². The molecule has 0 aliphatic carbocycles. The first-order valence-electron chi connectivity index (χ1n) is 10.6. The number of rotatable bonds is 10. The van der Waals surface area contributed by atoms with E-state index in [1.807, 2.05) is 39.8 Å². The highest BCUT2D eigenvalue weighted by atomic mass is 35.5. The number of carbonyl (C=O) groups excluding carboxylic acids is 1. The van der Waals surface area contributed by atoms with E-state index in [-0.39, 0.29) is 25.1 Å². The Kier molecular flexibility index (Phi) is 8.43. The van der Waals surface area contributed by atoms with E-state index in [0.717, 1.165) is 16.7 Å².